The van der Waals surface area contributed by atoms with Gasteiger partial charge in [0.15, 0.2) is 4.80 Å². The number of rotatable bonds is 7. The number of nitro benzene ring substituents is 1. The maximum Gasteiger partial charge on any atom is 0.338 e. The number of aromatic nitrogens is 1. The summed E-state index contributed by atoms with van der Waals surface area (Å²) in [7, 11) is 4.04. The fourth-order valence-corrected chi connectivity index (χ4v) is 5.13. The second-order valence-corrected chi connectivity index (χ2v) is 8.73. The molecule has 0 bridgehead atoms. The number of ether oxygens (including phenoxy) is 3. The Labute approximate surface area is 209 Å². The molecule has 1 atom stereocenters. The first-order valence-electron chi connectivity index (χ1n) is 10.9. The van der Waals surface area contributed by atoms with Crippen LogP contribution in [0.2, 0.25) is 0 Å². The largest absolute Gasteiger partial charge is 0.496 e. The average molecular weight is 510 g/mol. The van der Waals surface area contributed by atoms with Crippen molar-refractivity contribution in [3.05, 3.63) is 94.7 Å². The van der Waals surface area contributed by atoms with Crippen molar-refractivity contribution in [2.75, 3.05) is 21.3 Å². The van der Waals surface area contributed by atoms with Gasteiger partial charge in [0.1, 0.15) is 5.75 Å². The summed E-state index contributed by atoms with van der Waals surface area (Å²) in [5.41, 5.74) is 1.22. The Bertz CT molecular complexity index is 1550. The molecule has 186 valence electrons. The highest BCUT2D eigenvalue weighted by Crippen LogP contribution is 2.35. The molecule has 2 aromatic carbocycles. The molecule has 1 aromatic heterocycles. The molecule has 0 aliphatic carbocycles. The van der Waals surface area contributed by atoms with E-state index in [9.17, 15) is 19.7 Å². The van der Waals surface area contributed by atoms with Crippen molar-refractivity contribution in [3.8, 4) is 11.5 Å². The zero-order valence-corrected chi connectivity index (χ0v) is 20.8. The highest BCUT2D eigenvalue weighted by molar-refractivity contribution is 7.07. The summed E-state index contributed by atoms with van der Waals surface area (Å²) >= 11 is 1.12. The summed E-state index contributed by atoms with van der Waals surface area (Å²) in [6, 6.07) is 11.1. The zero-order chi connectivity index (χ0) is 26.0. The monoisotopic (exact) mass is 509 g/mol. The van der Waals surface area contributed by atoms with Crippen LogP contribution >= 0.6 is 11.3 Å². The first-order valence-corrected chi connectivity index (χ1v) is 11.7. The van der Waals surface area contributed by atoms with Gasteiger partial charge >= 0.3 is 11.7 Å². The molecule has 0 spiro atoms. The van der Waals surface area contributed by atoms with Gasteiger partial charge in [0, 0.05) is 17.7 Å². The smallest absolute Gasteiger partial charge is 0.338 e. The lowest BCUT2D eigenvalue weighted by molar-refractivity contribution is -0.385. The molecule has 0 radical (unpaired) electrons. The molecule has 3 aromatic rings. The van der Waals surface area contributed by atoms with Gasteiger partial charge in [-0.2, -0.15) is 0 Å². The van der Waals surface area contributed by atoms with Gasteiger partial charge in [0.25, 0.3) is 5.56 Å². The van der Waals surface area contributed by atoms with Gasteiger partial charge in [-0.25, -0.2) is 9.79 Å². The van der Waals surface area contributed by atoms with E-state index in [-0.39, 0.29) is 16.0 Å². The Kier molecular flexibility index (Phi) is 7.02. The van der Waals surface area contributed by atoms with Crippen LogP contribution in [-0.2, 0) is 9.53 Å². The minimum absolute atomic E-state index is 0.0369. The predicted octanol–water partition coefficient (Wildman–Crippen LogP) is 2.72. The molecule has 36 heavy (non-hydrogen) atoms. The summed E-state index contributed by atoms with van der Waals surface area (Å²) < 4.78 is 17.3. The molecule has 10 nitrogen and oxygen atoms in total. The summed E-state index contributed by atoms with van der Waals surface area (Å²) in [6.45, 7) is 1.87. The second-order valence-electron chi connectivity index (χ2n) is 7.72. The van der Waals surface area contributed by atoms with Crippen molar-refractivity contribution in [3.63, 3.8) is 0 Å². The van der Waals surface area contributed by atoms with Crippen LogP contribution in [-0.4, -0.2) is 36.8 Å². The minimum atomic E-state index is -0.737. The normalized spacial score (nSPS) is 15.2. The molecule has 0 saturated carbocycles. The maximum absolute atomic E-state index is 13.7. The third-order valence-electron chi connectivity index (χ3n) is 5.78. The number of carbonyl (C=O) groups excluding carboxylic acids is 1. The Hall–Kier alpha value is -4.25. The highest BCUT2D eigenvalue weighted by atomic mass is 32.1. The zero-order valence-electron chi connectivity index (χ0n) is 20.0. The van der Waals surface area contributed by atoms with Crippen molar-refractivity contribution in [1.82, 2.24) is 4.57 Å². The highest BCUT2D eigenvalue weighted by Gasteiger charge is 2.33. The molecular formula is C25H23N3O7S. The maximum atomic E-state index is 13.7. The lowest BCUT2D eigenvalue weighted by atomic mass is 9.95. The fourth-order valence-electron chi connectivity index (χ4n) is 4.12. The second kappa shape index (κ2) is 10.2. The van der Waals surface area contributed by atoms with E-state index in [0.717, 1.165) is 16.9 Å². The van der Waals surface area contributed by atoms with Crippen molar-refractivity contribution >= 4 is 29.1 Å². The van der Waals surface area contributed by atoms with Crippen LogP contribution in [0.1, 0.15) is 30.5 Å². The third kappa shape index (κ3) is 4.29. The first-order chi connectivity index (χ1) is 17.3. The van der Waals surface area contributed by atoms with Gasteiger partial charge in [-0.05, 0) is 18.1 Å². The van der Waals surface area contributed by atoms with Crippen molar-refractivity contribution in [2.45, 2.75) is 19.4 Å². The lowest BCUT2D eigenvalue weighted by Crippen LogP contribution is -2.40. The van der Waals surface area contributed by atoms with E-state index < -0.39 is 22.5 Å². The summed E-state index contributed by atoms with van der Waals surface area (Å²) in [5.74, 6) is -0.228. The Morgan fingerprint density at radius 3 is 2.44 bits per heavy atom. The molecule has 0 unspecified atom stereocenters. The van der Waals surface area contributed by atoms with Gasteiger partial charge in [0.2, 0.25) is 5.75 Å². The number of nitro groups is 1. The van der Waals surface area contributed by atoms with E-state index in [1.807, 2.05) is 37.3 Å². The van der Waals surface area contributed by atoms with E-state index in [4.69, 9.17) is 14.2 Å². The number of benzene rings is 2. The van der Waals surface area contributed by atoms with Gasteiger partial charge in [-0.1, -0.05) is 48.6 Å². The average Bonchev–Trinajstić information content (AvgIpc) is 3.21. The van der Waals surface area contributed by atoms with E-state index in [1.165, 1.54) is 44.1 Å². The molecular weight excluding hydrogens is 486 g/mol. The number of hydrogen-bond acceptors (Lipinski definition) is 9. The summed E-state index contributed by atoms with van der Waals surface area (Å²) in [4.78, 5) is 42.5. The molecule has 0 saturated heterocycles. The van der Waals surface area contributed by atoms with E-state index in [2.05, 4.69) is 4.99 Å². The van der Waals surface area contributed by atoms with Crippen LogP contribution in [0.25, 0.3) is 6.08 Å². The Balaban J connectivity index is 2.01. The number of esters is 1. The molecule has 4 rings (SSSR count). The van der Waals surface area contributed by atoms with Gasteiger partial charge in [-0.15, -0.1) is 0 Å². The number of allylic oxidation sites excluding steroid dienone is 1. The van der Waals surface area contributed by atoms with Crippen LogP contribution in [0, 0.1) is 10.1 Å². The molecule has 2 heterocycles. The lowest BCUT2D eigenvalue weighted by Gasteiger charge is -2.25. The first kappa shape index (κ1) is 24.9. The summed E-state index contributed by atoms with van der Waals surface area (Å²) in [5, 5.41) is 11.6. The number of hydrogen-bond donors (Lipinski definition) is 0. The van der Waals surface area contributed by atoms with Crippen LogP contribution in [0.5, 0.6) is 11.5 Å². The topological polar surface area (TPSA) is 122 Å². The Morgan fingerprint density at radius 1 is 1.17 bits per heavy atom. The number of thiazole rings is 1. The standard InChI is InChI=1S/C25H23N3O7S/c1-5-16-21(24(30)35-4)22(14-9-7-6-8-10-14)27-23(29)20(36-25(27)26-16)12-15-11-17(28(31)32)19(34-3)13-18(15)33-2/h6-13,22H,5H2,1-4H3/b20-12-/t22-/m1/s1. The molecule has 0 fully saturated rings. The predicted molar refractivity (Wildman–Crippen MR) is 133 cm³/mol. The van der Waals surface area contributed by atoms with E-state index in [0.29, 0.717) is 33.8 Å². The van der Waals surface area contributed by atoms with Gasteiger partial charge in [0.05, 0.1) is 48.1 Å². The quantitative estimate of drug-likeness (QED) is 0.273. The molecule has 0 amide bonds. The molecule has 1 aliphatic heterocycles. The number of nitrogens with zero attached hydrogens (tertiary/aromatic N) is 3. The summed E-state index contributed by atoms with van der Waals surface area (Å²) in [6.07, 6.45) is 1.97. The molecule has 0 N–H and O–H groups in total. The molecule has 11 heteroatoms. The fraction of sp³-hybridized carbons (Fsp3) is 0.240. The van der Waals surface area contributed by atoms with Crippen LogP contribution in [0.15, 0.2) is 63.5 Å². The van der Waals surface area contributed by atoms with E-state index >= 15 is 0 Å². The number of carbonyl (C=O) groups is 1. The van der Waals surface area contributed by atoms with Crippen LogP contribution < -0.4 is 24.4 Å². The van der Waals surface area contributed by atoms with Crippen LogP contribution in [0.3, 0.4) is 0 Å². The minimum Gasteiger partial charge on any atom is -0.496 e. The van der Waals surface area contributed by atoms with Crippen LogP contribution in [0.4, 0.5) is 5.69 Å². The molecule has 1 aliphatic rings. The van der Waals surface area contributed by atoms with Gasteiger partial charge < -0.3 is 14.2 Å². The van der Waals surface area contributed by atoms with Crippen molar-refractivity contribution in [1.29, 1.82) is 0 Å². The van der Waals surface area contributed by atoms with Crippen molar-refractivity contribution in [2.24, 2.45) is 4.99 Å². The number of fused-ring (bicyclic) bond motifs is 1. The van der Waals surface area contributed by atoms with Crippen molar-refractivity contribution < 1.29 is 23.9 Å². The third-order valence-corrected chi connectivity index (χ3v) is 6.76. The SMILES string of the molecule is CCC1=C(C(=O)OC)[C@@H](c2ccccc2)n2c(s/c(=C\c3cc([N+](=O)[O-])c(OC)cc3OC)c2=O)=N1. The number of methoxy groups -OCH3 is 3. The van der Waals surface area contributed by atoms with E-state index in [1.54, 1.807) is 0 Å². The van der Waals surface area contributed by atoms with Gasteiger partial charge in [-0.3, -0.25) is 19.5 Å². The Morgan fingerprint density at radius 2 is 1.86 bits per heavy atom.